The number of fused-ring (bicyclic) bond motifs is 3. The van der Waals surface area contributed by atoms with E-state index < -0.39 is 26.8 Å². The lowest BCUT2D eigenvalue weighted by Crippen LogP contribution is -2.52. The number of nitrogens with one attached hydrogen (secondary N) is 1. The van der Waals surface area contributed by atoms with Crippen LogP contribution < -0.4 is 14.4 Å². The number of amides is 2. The molecule has 9 nitrogen and oxygen atoms in total. The first-order valence-electron chi connectivity index (χ1n) is 17.5. The number of carbonyl (C=O) groups excluding carboxylic acids is 2. The molecule has 0 spiro atoms. The number of aryl methyl sites for hydroxylation is 1. The molecule has 1 saturated heterocycles. The molecule has 4 aliphatic rings. The van der Waals surface area contributed by atoms with Crippen molar-refractivity contribution in [3.8, 4) is 5.75 Å². The standard InChI is InChI=1S/C37H48ClN3O6S/c1-25-8-7-16-37(44,22-35(42)40-17-5-6-18-40)32-14-11-29(32)23-41-19-4-3-9-27-20-31(38)13-10-30(27)24-47-34-15-12-28(21-33(34)41)36(43)39-48(45,46)26(25)2/h7,10,12-13,15-16,20-21,25-26,29,32,44H,3-6,8-9,11,14,17-19,22-24H2,1-2H3,(H,39,43)/b16-7+/t25-,26+,29-,32+,37+/m0/s1. The molecule has 2 amide bonds. The highest BCUT2D eigenvalue weighted by atomic mass is 35.5. The largest absolute Gasteiger partial charge is 0.487 e. The number of hydrogen-bond donors (Lipinski definition) is 2. The highest BCUT2D eigenvalue weighted by Gasteiger charge is 2.47. The van der Waals surface area contributed by atoms with Crippen molar-refractivity contribution in [3.63, 3.8) is 0 Å². The fourth-order valence-electron chi connectivity index (χ4n) is 7.71. The van der Waals surface area contributed by atoms with Gasteiger partial charge in [0.1, 0.15) is 12.4 Å². The van der Waals surface area contributed by atoms with Crippen molar-refractivity contribution in [3.05, 3.63) is 70.3 Å². The van der Waals surface area contributed by atoms with Crippen LogP contribution in [-0.4, -0.2) is 67.3 Å². The molecular formula is C37H48ClN3O6S. The Morgan fingerprint density at radius 3 is 2.56 bits per heavy atom. The quantitative estimate of drug-likeness (QED) is 0.377. The van der Waals surface area contributed by atoms with Gasteiger partial charge in [0.25, 0.3) is 5.91 Å². The Bertz CT molecular complexity index is 1660. The number of benzene rings is 2. The first-order valence-corrected chi connectivity index (χ1v) is 19.4. The van der Waals surface area contributed by atoms with Crippen LogP contribution in [0.3, 0.4) is 0 Å². The minimum absolute atomic E-state index is 0.00756. The number of nitrogens with zero attached hydrogens (tertiary/aromatic N) is 2. The molecule has 2 fully saturated rings. The van der Waals surface area contributed by atoms with Crippen molar-refractivity contribution in [1.82, 2.24) is 9.62 Å². The summed E-state index contributed by atoms with van der Waals surface area (Å²) in [5.41, 5.74) is 1.78. The van der Waals surface area contributed by atoms with E-state index >= 15 is 0 Å². The molecule has 3 heterocycles. The number of sulfonamides is 1. The molecule has 0 unspecified atom stereocenters. The van der Waals surface area contributed by atoms with Gasteiger partial charge in [-0.25, -0.2) is 13.1 Å². The Morgan fingerprint density at radius 1 is 1.04 bits per heavy atom. The SMILES string of the molecule is C[C@@H]1[C@@H](C)C/C=C/[C@@](O)(CC(=O)N2CCCC2)[C@@H]2CC[C@H]2CN2CCCCc3cc(Cl)ccc3COc3ccc(cc32)C(=O)NS1(=O)=O. The van der Waals surface area contributed by atoms with E-state index in [1.54, 1.807) is 31.2 Å². The number of ether oxygens (including phenoxy) is 1. The van der Waals surface area contributed by atoms with Crippen molar-refractivity contribution < 1.29 is 27.9 Å². The van der Waals surface area contributed by atoms with Gasteiger partial charge < -0.3 is 19.6 Å². The second kappa shape index (κ2) is 14.4. The predicted octanol–water partition coefficient (Wildman–Crippen LogP) is 5.88. The number of rotatable bonds is 2. The molecule has 1 aliphatic carbocycles. The van der Waals surface area contributed by atoms with E-state index in [1.807, 2.05) is 36.1 Å². The number of likely N-dealkylation sites (tertiary alicyclic amines) is 1. The van der Waals surface area contributed by atoms with Gasteiger partial charge in [0, 0.05) is 36.8 Å². The van der Waals surface area contributed by atoms with E-state index in [4.69, 9.17) is 16.3 Å². The highest BCUT2D eigenvalue weighted by Crippen LogP contribution is 2.46. The van der Waals surface area contributed by atoms with Gasteiger partial charge in [-0.15, -0.1) is 0 Å². The average molecular weight is 698 g/mol. The number of anilines is 1. The van der Waals surface area contributed by atoms with E-state index in [1.165, 1.54) is 0 Å². The van der Waals surface area contributed by atoms with Crippen LogP contribution in [0.5, 0.6) is 5.75 Å². The summed E-state index contributed by atoms with van der Waals surface area (Å²) in [6.45, 7) is 6.45. The molecule has 0 aromatic heterocycles. The molecule has 0 radical (unpaired) electrons. The van der Waals surface area contributed by atoms with E-state index in [0.29, 0.717) is 55.7 Å². The summed E-state index contributed by atoms with van der Waals surface area (Å²) in [4.78, 5) is 31.0. The molecule has 11 heteroatoms. The minimum Gasteiger partial charge on any atom is -0.487 e. The third kappa shape index (κ3) is 7.55. The predicted molar refractivity (Wildman–Crippen MR) is 188 cm³/mol. The van der Waals surface area contributed by atoms with Crippen LogP contribution in [0, 0.1) is 17.8 Å². The van der Waals surface area contributed by atoms with Gasteiger partial charge in [-0.2, -0.15) is 0 Å². The van der Waals surface area contributed by atoms with E-state index in [-0.39, 0.29) is 35.6 Å². The van der Waals surface area contributed by atoms with Gasteiger partial charge in [0.15, 0.2) is 0 Å². The zero-order chi connectivity index (χ0) is 34.1. The number of carbonyl (C=O) groups is 2. The van der Waals surface area contributed by atoms with Crippen molar-refractivity contribution >= 4 is 39.1 Å². The van der Waals surface area contributed by atoms with Gasteiger partial charge in [0.2, 0.25) is 15.9 Å². The highest BCUT2D eigenvalue weighted by molar-refractivity contribution is 7.90. The minimum atomic E-state index is -4.02. The Labute approximate surface area is 289 Å². The first-order chi connectivity index (χ1) is 22.9. The molecule has 6 rings (SSSR count). The summed E-state index contributed by atoms with van der Waals surface area (Å²) >= 11 is 6.35. The Morgan fingerprint density at radius 2 is 1.81 bits per heavy atom. The molecule has 2 aromatic carbocycles. The monoisotopic (exact) mass is 697 g/mol. The van der Waals surface area contributed by atoms with Crippen LogP contribution >= 0.6 is 11.6 Å². The van der Waals surface area contributed by atoms with Crippen LogP contribution in [0.25, 0.3) is 0 Å². The Kier molecular flexibility index (Phi) is 10.4. The molecule has 48 heavy (non-hydrogen) atoms. The van der Waals surface area contributed by atoms with Gasteiger partial charge in [-0.1, -0.05) is 36.7 Å². The van der Waals surface area contributed by atoms with Gasteiger partial charge in [-0.05, 0) is 118 Å². The summed E-state index contributed by atoms with van der Waals surface area (Å²) in [5, 5.41) is 12.2. The maximum absolute atomic E-state index is 13.5. The number of aliphatic hydroxyl groups is 1. The van der Waals surface area contributed by atoms with Crippen molar-refractivity contribution in [2.24, 2.45) is 17.8 Å². The first kappa shape index (κ1) is 34.8. The molecule has 5 atom stereocenters. The Balaban J connectivity index is 1.39. The molecule has 3 aliphatic heterocycles. The second-order valence-corrected chi connectivity index (χ2v) is 16.8. The van der Waals surface area contributed by atoms with Crippen LogP contribution in [0.2, 0.25) is 5.02 Å². The van der Waals surface area contributed by atoms with Gasteiger partial charge in [0.05, 0.1) is 23.0 Å². The van der Waals surface area contributed by atoms with Gasteiger partial charge >= 0.3 is 0 Å². The van der Waals surface area contributed by atoms with E-state index in [0.717, 1.165) is 56.1 Å². The smallest absolute Gasteiger partial charge is 0.264 e. The average Bonchev–Trinajstić information content (AvgIpc) is 3.57. The van der Waals surface area contributed by atoms with Crippen LogP contribution in [0.4, 0.5) is 5.69 Å². The van der Waals surface area contributed by atoms with Crippen LogP contribution in [-0.2, 0) is 27.8 Å². The normalized spacial score (nSPS) is 30.0. The summed E-state index contributed by atoms with van der Waals surface area (Å²) in [6.07, 6.45) is 10.3. The maximum Gasteiger partial charge on any atom is 0.264 e. The van der Waals surface area contributed by atoms with Crippen molar-refractivity contribution in [2.75, 3.05) is 31.1 Å². The molecular weight excluding hydrogens is 650 g/mol. The lowest BCUT2D eigenvalue weighted by molar-refractivity contribution is -0.138. The third-order valence-electron chi connectivity index (χ3n) is 11.1. The van der Waals surface area contributed by atoms with Gasteiger partial charge in [-0.3, -0.25) is 9.59 Å². The van der Waals surface area contributed by atoms with E-state index in [9.17, 15) is 23.1 Å². The summed E-state index contributed by atoms with van der Waals surface area (Å²) in [6, 6.07) is 10.9. The topological polar surface area (TPSA) is 116 Å². The lowest BCUT2D eigenvalue weighted by Gasteiger charge is -2.48. The fourth-order valence-corrected chi connectivity index (χ4v) is 9.19. The fraction of sp³-hybridized carbons (Fsp3) is 0.568. The number of halogens is 1. The Hall–Kier alpha value is -3.08. The van der Waals surface area contributed by atoms with Crippen LogP contribution in [0.1, 0.15) is 86.7 Å². The molecule has 2 aromatic rings. The summed E-state index contributed by atoms with van der Waals surface area (Å²) in [5.74, 6) is -0.512. The zero-order valence-electron chi connectivity index (χ0n) is 28.0. The second-order valence-electron chi connectivity index (χ2n) is 14.3. The number of hydrogen-bond acceptors (Lipinski definition) is 7. The molecule has 2 bridgehead atoms. The van der Waals surface area contributed by atoms with Crippen molar-refractivity contribution in [2.45, 2.75) is 89.1 Å². The number of allylic oxidation sites excluding steroid dienone is 1. The van der Waals surface area contributed by atoms with Crippen molar-refractivity contribution in [1.29, 1.82) is 0 Å². The third-order valence-corrected chi connectivity index (χ3v) is 13.2. The molecule has 1 saturated carbocycles. The molecule has 2 N–H and O–H groups in total. The zero-order valence-corrected chi connectivity index (χ0v) is 29.6. The van der Waals surface area contributed by atoms with E-state index in [2.05, 4.69) is 9.62 Å². The summed E-state index contributed by atoms with van der Waals surface area (Å²) in [7, 11) is -4.02. The van der Waals surface area contributed by atoms with Crippen LogP contribution in [0.15, 0.2) is 48.6 Å². The molecule has 260 valence electrons. The summed E-state index contributed by atoms with van der Waals surface area (Å²) < 4.78 is 35.5. The maximum atomic E-state index is 13.5. The lowest BCUT2D eigenvalue weighted by atomic mass is 9.63.